The monoisotopic (exact) mass is 352 g/mol. The summed E-state index contributed by atoms with van der Waals surface area (Å²) in [6, 6.07) is 9.06. The molecule has 1 N–H and O–H groups in total. The third kappa shape index (κ3) is 3.42. The van der Waals surface area contributed by atoms with E-state index < -0.39 is 0 Å². The fourth-order valence-corrected chi connectivity index (χ4v) is 2.64. The summed E-state index contributed by atoms with van der Waals surface area (Å²) in [6.07, 6.45) is 0.543. The van der Waals surface area contributed by atoms with Gasteiger partial charge in [0.2, 0.25) is 0 Å². The molecule has 0 unspecified atom stereocenters. The van der Waals surface area contributed by atoms with Crippen LogP contribution in [-0.4, -0.2) is 26.4 Å². The first-order chi connectivity index (χ1) is 10.1. The Labute approximate surface area is 132 Å². The predicted octanol–water partition coefficient (Wildman–Crippen LogP) is 3.77. The molecular weight excluding hydrogens is 336 g/mol. The van der Waals surface area contributed by atoms with E-state index in [-0.39, 0.29) is 5.75 Å². The summed E-state index contributed by atoms with van der Waals surface area (Å²) in [5, 5.41) is 10.1. The average molecular weight is 353 g/mol. The van der Waals surface area contributed by atoms with Gasteiger partial charge in [-0.05, 0) is 39.2 Å². The Hall–Kier alpha value is -1.88. The molecule has 0 atom stereocenters. The average Bonchev–Trinajstić information content (AvgIpc) is 2.50. The van der Waals surface area contributed by atoms with E-state index in [4.69, 9.17) is 14.2 Å². The van der Waals surface area contributed by atoms with Crippen LogP contribution in [0.25, 0.3) is 0 Å². The topological polar surface area (TPSA) is 47.9 Å². The molecule has 0 aliphatic rings. The van der Waals surface area contributed by atoms with Crippen molar-refractivity contribution >= 4 is 15.9 Å². The molecule has 2 aromatic carbocycles. The van der Waals surface area contributed by atoms with Crippen molar-refractivity contribution in [2.24, 2.45) is 0 Å². The Morgan fingerprint density at radius 2 is 1.62 bits per heavy atom. The molecule has 0 heterocycles. The Kier molecular flexibility index (Phi) is 4.96. The molecule has 0 bridgehead atoms. The fourth-order valence-electron chi connectivity index (χ4n) is 2.08. The lowest BCUT2D eigenvalue weighted by Gasteiger charge is -2.13. The summed E-state index contributed by atoms with van der Waals surface area (Å²) in [5.74, 6) is 2.24. The van der Waals surface area contributed by atoms with Gasteiger partial charge in [0.1, 0.15) is 23.0 Å². The number of rotatable bonds is 5. The van der Waals surface area contributed by atoms with Crippen LogP contribution < -0.4 is 14.2 Å². The van der Waals surface area contributed by atoms with Crippen LogP contribution in [0.4, 0.5) is 0 Å². The van der Waals surface area contributed by atoms with Crippen LogP contribution in [-0.2, 0) is 6.42 Å². The molecule has 0 saturated heterocycles. The van der Waals surface area contributed by atoms with Gasteiger partial charge in [-0.1, -0.05) is 6.07 Å². The molecule has 0 radical (unpaired) electrons. The molecule has 0 saturated carbocycles. The summed E-state index contributed by atoms with van der Waals surface area (Å²) in [7, 11) is 4.79. The largest absolute Gasteiger partial charge is 0.508 e. The zero-order valence-electron chi connectivity index (χ0n) is 12.1. The number of hydrogen-bond acceptors (Lipinski definition) is 4. The lowest BCUT2D eigenvalue weighted by Crippen LogP contribution is -1.96. The highest BCUT2D eigenvalue weighted by atomic mass is 79.9. The van der Waals surface area contributed by atoms with Gasteiger partial charge >= 0.3 is 0 Å². The molecule has 0 aliphatic heterocycles. The molecule has 5 heteroatoms. The second kappa shape index (κ2) is 6.72. The first-order valence-corrected chi connectivity index (χ1v) is 7.14. The third-order valence-electron chi connectivity index (χ3n) is 3.23. The second-order valence-corrected chi connectivity index (χ2v) is 5.32. The van der Waals surface area contributed by atoms with Crippen molar-refractivity contribution in [3.8, 4) is 23.0 Å². The highest BCUT2D eigenvalue weighted by Crippen LogP contribution is 2.35. The van der Waals surface area contributed by atoms with E-state index in [0.29, 0.717) is 12.2 Å². The Morgan fingerprint density at radius 3 is 2.24 bits per heavy atom. The van der Waals surface area contributed by atoms with Crippen molar-refractivity contribution in [3.63, 3.8) is 0 Å². The molecule has 0 fully saturated rings. The van der Waals surface area contributed by atoms with E-state index in [1.54, 1.807) is 27.4 Å². The zero-order chi connectivity index (χ0) is 15.4. The number of methoxy groups -OCH3 is 3. The number of phenolic OH excluding ortho intramolecular Hbond substituents is 1. The van der Waals surface area contributed by atoms with E-state index in [1.165, 1.54) is 0 Å². The fraction of sp³-hybridized carbons (Fsp3) is 0.250. The summed E-state index contributed by atoms with van der Waals surface area (Å²) in [5.41, 5.74) is 1.75. The summed E-state index contributed by atoms with van der Waals surface area (Å²) >= 11 is 3.43. The van der Waals surface area contributed by atoms with E-state index >= 15 is 0 Å². The summed E-state index contributed by atoms with van der Waals surface area (Å²) < 4.78 is 16.5. The Morgan fingerprint density at radius 1 is 0.905 bits per heavy atom. The highest BCUT2D eigenvalue weighted by Gasteiger charge is 2.12. The number of phenols is 1. The van der Waals surface area contributed by atoms with Crippen molar-refractivity contribution in [1.82, 2.24) is 0 Å². The number of benzene rings is 2. The smallest absolute Gasteiger partial charge is 0.136 e. The lowest BCUT2D eigenvalue weighted by atomic mass is 10.0. The maximum atomic E-state index is 10.1. The van der Waals surface area contributed by atoms with Gasteiger partial charge in [0.15, 0.2) is 0 Å². The van der Waals surface area contributed by atoms with Crippen LogP contribution in [0.15, 0.2) is 34.8 Å². The minimum absolute atomic E-state index is 0.188. The number of hydrogen-bond donors (Lipinski definition) is 1. The first kappa shape index (κ1) is 15.5. The standard InChI is InChI=1S/C16H17BrO4/c1-19-12-5-4-10(15(8-12)20-2)6-11-7-13(17)16(21-3)9-14(11)18/h4-5,7-9,18H,6H2,1-3H3. The van der Waals surface area contributed by atoms with Crippen LogP contribution in [0.5, 0.6) is 23.0 Å². The van der Waals surface area contributed by atoms with Gasteiger partial charge in [-0.15, -0.1) is 0 Å². The Balaban J connectivity index is 2.36. The molecule has 2 rings (SSSR count). The van der Waals surface area contributed by atoms with Crippen molar-refractivity contribution in [2.75, 3.05) is 21.3 Å². The van der Waals surface area contributed by atoms with Gasteiger partial charge in [0.05, 0.1) is 25.8 Å². The van der Waals surface area contributed by atoms with Gasteiger partial charge in [0.25, 0.3) is 0 Å². The maximum absolute atomic E-state index is 10.1. The van der Waals surface area contributed by atoms with Crippen LogP contribution in [0.3, 0.4) is 0 Å². The van der Waals surface area contributed by atoms with Crippen LogP contribution in [0, 0.1) is 0 Å². The molecule has 0 amide bonds. The summed E-state index contributed by atoms with van der Waals surface area (Å²) in [6.45, 7) is 0. The summed E-state index contributed by atoms with van der Waals surface area (Å²) in [4.78, 5) is 0. The van der Waals surface area contributed by atoms with Gasteiger partial charge in [-0.3, -0.25) is 0 Å². The maximum Gasteiger partial charge on any atom is 0.136 e. The first-order valence-electron chi connectivity index (χ1n) is 6.35. The van der Waals surface area contributed by atoms with Gasteiger partial charge in [0, 0.05) is 18.6 Å². The minimum atomic E-state index is 0.188. The molecule has 2 aromatic rings. The second-order valence-electron chi connectivity index (χ2n) is 4.47. The van der Waals surface area contributed by atoms with Crippen LogP contribution >= 0.6 is 15.9 Å². The highest BCUT2D eigenvalue weighted by molar-refractivity contribution is 9.10. The van der Waals surface area contributed by atoms with Crippen molar-refractivity contribution in [3.05, 3.63) is 45.9 Å². The van der Waals surface area contributed by atoms with Crippen molar-refractivity contribution < 1.29 is 19.3 Å². The molecule has 4 nitrogen and oxygen atoms in total. The van der Waals surface area contributed by atoms with Gasteiger partial charge < -0.3 is 19.3 Å². The van der Waals surface area contributed by atoms with E-state index in [9.17, 15) is 5.11 Å². The number of ether oxygens (including phenoxy) is 3. The minimum Gasteiger partial charge on any atom is -0.508 e. The van der Waals surface area contributed by atoms with Crippen LogP contribution in [0.1, 0.15) is 11.1 Å². The molecule has 112 valence electrons. The molecular formula is C16H17BrO4. The third-order valence-corrected chi connectivity index (χ3v) is 3.85. The predicted molar refractivity (Wildman–Crippen MR) is 84.7 cm³/mol. The SMILES string of the molecule is COc1ccc(Cc2cc(Br)c(OC)cc2O)c(OC)c1. The van der Waals surface area contributed by atoms with E-state index in [0.717, 1.165) is 27.1 Å². The van der Waals surface area contributed by atoms with Gasteiger partial charge in [-0.25, -0.2) is 0 Å². The van der Waals surface area contributed by atoms with Crippen molar-refractivity contribution in [2.45, 2.75) is 6.42 Å². The quantitative estimate of drug-likeness (QED) is 0.889. The number of halogens is 1. The normalized spacial score (nSPS) is 10.3. The lowest BCUT2D eigenvalue weighted by molar-refractivity contribution is 0.391. The zero-order valence-corrected chi connectivity index (χ0v) is 13.7. The molecule has 0 spiro atoms. The Bertz CT molecular complexity index is 640. The molecule has 21 heavy (non-hydrogen) atoms. The molecule has 0 aliphatic carbocycles. The van der Waals surface area contributed by atoms with Gasteiger partial charge in [-0.2, -0.15) is 0 Å². The van der Waals surface area contributed by atoms with E-state index in [1.807, 2.05) is 24.3 Å². The molecule has 0 aromatic heterocycles. The van der Waals surface area contributed by atoms with Crippen LogP contribution in [0.2, 0.25) is 0 Å². The number of aromatic hydroxyl groups is 1. The van der Waals surface area contributed by atoms with E-state index in [2.05, 4.69) is 15.9 Å². The van der Waals surface area contributed by atoms with Crippen molar-refractivity contribution in [1.29, 1.82) is 0 Å².